The Bertz CT molecular complexity index is 1050. The minimum absolute atomic E-state index is 0.0979. The smallest absolute Gasteiger partial charge is 0.251 e. The number of benzene rings is 2. The number of fused-ring (bicyclic) bond motifs is 3. The predicted molar refractivity (Wildman–Crippen MR) is 96.5 cm³/mol. The second kappa shape index (κ2) is 6.24. The fourth-order valence-corrected chi connectivity index (χ4v) is 2.75. The van der Waals surface area contributed by atoms with Gasteiger partial charge in [0, 0.05) is 24.5 Å². The summed E-state index contributed by atoms with van der Waals surface area (Å²) in [4.78, 5) is 20.2. The average molecular weight is 332 g/mol. The molecular formula is C19H16N4O2. The highest BCUT2D eigenvalue weighted by Crippen LogP contribution is 2.30. The number of nitrogens with one attached hydrogen (secondary N) is 2. The number of nitrogens with zero attached hydrogens (tertiary/aromatic N) is 2. The van der Waals surface area contributed by atoms with Crippen LogP contribution in [0.3, 0.4) is 0 Å². The summed E-state index contributed by atoms with van der Waals surface area (Å²) in [5.41, 5.74) is 3.90. The third kappa shape index (κ3) is 2.78. The minimum atomic E-state index is -0.0979. The van der Waals surface area contributed by atoms with Gasteiger partial charge in [0.1, 0.15) is 17.4 Å². The third-order valence-electron chi connectivity index (χ3n) is 4.06. The molecule has 2 heterocycles. The van der Waals surface area contributed by atoms with E-state index in [1.165, 1.54) is 6.33 Å². The molecule has 2 aromatic carbocycles. The van der Waals surface area contributed by atoms with Gasteiger partial charge in [0.15, 0.2) is 11.4 Å². The van der Waals surface area contributed by atoms with E-state index < -0.39 is 0 Å². The van der Waals surface area contributed by atoms with E-state index in [-0.39, 0.29) is 5.91 Å². The van der Waals surface area contributed by atoms with Crippen LogP contribution >= 0.6 is 0 Å². The van der Waals surface area contributed by atoms with E-state index in [1.54, 1.807) is 19.2 Å². The lowest BCUT2D eigenvalue weighted by atomic mass is 10.1. The van der Waals surface area contributed by atoms with Gasteiger partial charge in [-0.1, -0.05) is 24.3 Å². The van der Waals surface area contributed by atoms with Crippen molar-refractivity contribution in [2.75, 3.05) is 12.4 Å². The lowest BCUT2D eigenvalue weighted by Crippen LogP contribution is -2.17. The van der Waals surface area contributed by atoms with Gasteiger partial charge in [0.05, 0.1) is 0 Å². The fraction of sp³-hybridized carbons (Fsp3) is 0.105. The first kappa shape index (κ1) is 15.1. The summed E-state index contributed by atoms with van der Waals surface area (Å²) < 4.78 is 5.90. The molecule has 0 saturated carbocycles. The van der Waals surface area contributed by atoms with Gasteiger partial charge in [0.2, 0.25) is 0 Å². The minimum Gasteiger partial charge on any atom is -0.450 e. The zero-order chi connectivity index (χ0) is 17.2. The molecule has 6 heteroatoms. The van der Waals surface area contributed by atoms with Crippen LogP contribution in [-0.2, 0) is 6.54 Å². The molecule has 0 radical (unpaired) electrons. The molecule has 0 bridgehead atoms. The summed E-state index contributed by atoms with van der Waals surface area (Å²) in [5, 5.41) is 6.86. The van der Waals surface area contributed by atoms with Crippen LogP contribution < -0.4 is 10.6 Å². The van der Waals surface area contributed by atoms with E-state index in [9.17, 15) is 4.79 Å². The summed E-state index contributed by atoms with van der Waals surface area (Å²) in [7, 11) is 1.62. The van der Waals surface area contributed by atoms with Crippen molar-refractivity contribution in [2.45, 2.75) is 6.54 Å². The first-order chi connectivity index (χ1) is 12.3. The van der Waals surface area contributed by atoms with Gasteiger partial charge in [0.25, 0.3) is 5.91 Å². The maximum absolute atomic E-state index is 11.6. The molecule has 6 nitrogen and oxygen atoms in total. The van der Waals surface area contributed by atoms with Crippen LogP contribution in [0.4, 0.5) is 5.82 Å². The molecule has 124 valence electrons. The third-order valence-corrected chi connectivity index (χ3v) is 4.06. The Balaban J connectivity index is 1.60. The topological polar surface area (TPSA) is 80.0 Å². The first-order valence-electron chi connectivity index (χ1n) is 7.93. The molecule has 0 saturated heterocycles. The Morgan fingerprint density at radius 2 is 1.88 bits per heavy atom. The van der Waals surface area contributed by atoms with Crippen LogP contribution in [0.25, 0.3) is 22.1 Å². The van der Waals surface area contributed by atoms with Crippen molar-refractivity contribution in [2.24, 2.45) is 0 Å². The van der Waals surface area contributed by atoms with Gasteiger partial charge < -0.3 is 15.1 Å². The number of rotatable bonds is 4. The van der Waals surface area contributed by atoms with Crippen LogP contribution in [0.1, 0.15) is 15.9 Å². The van der Waals surface area contributed by atoms with E-state index in [2.05, 4.69) is 20.6 Å². The standard InChI is InChI=1S/C19H16N4O2/c1-20-19(24)13-8-6-12(7-9-13)10-21-18-17-16(22-11-23-18)14-4-2-3-5-15(14)25-17/h2-9,11H,10H2,1H3,(H,20,24)(H,21,22,23). The molecule has 0 spiro atoms. The number of para-hydroxylation sites is 1. The molecule has 4 aromatic rings. The molecule has 4 rings (SSSR count). The quantitative estimate of drug-likeness (QED) is 0.599. The zero-order valence-corrected chi connectivity index (χ0v) is 13.6. The van der Waals surface area contributed by atoms with Crippen molar-refractivity contribution >= 4 is 33.8 Å². The van der Waals surface area contributed by atoms with Gasteiger partial charge in [-0.05, 0) is 29.8 Å². The van der Waals surface area contributed by atoms with Gasteiger partial charge in [-0.3, -0.25) is 4.79 Å². The van der Waals surface area contributed by atoms with Crippen molar-refractivity contribution in [3.63, 3.8) is 0 Å². The van der Waals surface area contributed by atoms with Crippen molar-refractivity contribution < 1.29 is 9.21 Å². The zero-order valence-electron chi connectivity index (χ0n) is 13.6. The number of anilines is 1. The molecule has 0 aliphatic carbocycles. The summed E-state index contributed by atoms with van der Waals surface area (Å²) >= 11 is 0. The maximum Gasteiger partial charge on any atom is 0.251 e. The van der Waals surface area contributed by atoms with Crippen molar-refractivity contribution in [1.82, 2.24) is 15.3 Å². The van der Waals surface area contributed by atoms with E-state index >= 15 is 0 Å². The van der Waals surface area contributed by atoms with E-state index in [0.717, 1.165) is 22.0 Å². The number of hydrogen-bond donors (Lipinski definition) is 2. The van der Waals surface area contributed by atoms with Crippen LogP contribution in [0.15, 0.2) is 59.3 Å². The Morgan fingerprint density at radius 3 is 2.68 bits per heavy atom. The molecule has 25 heavy (non-hydrogen) atoms. The molecule has 2 N–H and O–H groups in total. The van der Waals surface area contributed by atoms with Crippen LogP contribution in [-0.4, -0.2) is 22.9 Å². The average Bonchev–Trinajstić information content (AvgIpc) is 3.05. The number of amides is 1. The highest BCUT2D eigenvalue weighted by atomic mass is 16.3. The predicted octanol–water partition coefficient (Wildman–Crippen LogP) is 3.35. The first-order valence-corrected chi connectivity index (χ1v) is 7.93. The van der Waals surface area contributed by atoms with Crippen molar-refractivity contribution in [3.8, 4) is 0 Å². The summed E-state index contributed by atoms with van der Waals surface area (Å²) in [6.07, 6.45) is 1.53. The van der Waals surface area contributed by atoms with Crippen LogP contribution in [0, 0.1) is 0 Å². The molecule has 1 amide bonds. The molecule has 0 atom stereocenters. The number of carbonyl (C=O) groups is 1. The molecule has 0 aliphatic rings. The Labute approximate surface area is 143 Å². The van der Waals surface area contributed by atoms with Crippen molar-refractivity contribution in [1.29, 1.82) is 0 Å². The Hall–Kier alpha value is -3.41. The Kier molecular flexibility index (Phi) is 3.78. The number of furan rings is 1. The van der Waals surface area contributed by atoms with Crippen LogP contribution in [0.5, 0.6) is 0 Å². The number of aromatic nitrogens is 2. The SMILES string of the molecule is CNC(=O)c1ccc(CNc2ncnc3c2oc2ccccc23)cc1. The highest BCUT2D eigenvalue weighted by Gasteiger charge is 2.12. The van der Waals surface area contributed by atoms with E-state index in [0.29, 0.717) is 23.5 Å². The van der Waals surface area contributed by atoms with Gasteiger partial charge in [-0.15, -0.1) is 0 Å². The monoisotopic (exact) mass is 332 g/mol. The van der Waals surface area contributed by atoms with E-state index in [4.69, 9.17) is 4.42 Å². The maximum atomic E-state index is 11.6. The van der Waals surface area contributed by atoms with Gasteiger partial charge >= 0.3 is 0 Å². The van der Waals surface area contributed by atoms with E-state index in [1.807, 2.05) is 36.4 Å². The molecule has 2 aromatic heterocycles. The highest BCUT2D eigenvalue weighted by molar-refractivity contribution is 6.05. The normalized spacial score (nSPS) is 10.9. The second-order valence-corrected chi connectivity index (χ2v) is 5.63. The number of hydrogen-bond acceptors (Lipinski definition) is 5. The van der Waals surface area contributed by atoms with Crippen molar-refractivity contribution in [3.05, 3.63) is 66.0 Å². The largest absolute Gasteiger partial charge is 0.450 e. The summed E-state index contributed by atoms with van der Waals surface area (Å²) in [5.74, 6) is 0.552. The van der Waals surface area contributed by atoms with Gasteiger partial charge in [-0.2, -0.15) is 0 Å². The Morgan fingerprint density at radius 1 is 1.08 bits per heavy atom. The summed E-state index contributed by atoms with van der Waals surface area (Å²) in [6.45, 7) is 0.567. The molecule has 0 aliphatic heterocycles. The molecular weight excluding hydrogens is 316 g/mol. The lowest BCUT2D eigenvalue weighted by molar-refractivity contribution is 0.0963. The lowest BCUT2D eigenvalue weighted by Gasteiger charge is -2.06. The van der Waals surface area contributed by atoms with Gasteiger partial charge in [-0.25, -0.2) is 9.97 Å². The second-order valence-electron chi connectivity index (χ2n) is 5.63. The molecule has 0 fully saturated rings. The summed E-state index contributed by atoms with van der Waals surface area (Å²) in [6, 6.07) is 15.2. The number of carbonyl (C=O) groups excluding carboxylic acids is 1. The molecule has 0 unspecified atom stereocenters. The van der Waals surface area contributed by atoms with Crippen LogP contribution in [0.2, 0.25) is 0 Å². The fourth-order valence-electron chi connectivity index (χ4n) is 2.75.